The molecule has 6 heteroatoms. The van der Waals surface area contributed by atoms with Gasteiger partial charge in [-0.05, 0) is 29.2 Å². The Labute approximate surface area is 131 Å². The van der Waals surface area contributed by atoms with Crippen LogP contribution >= 0.6 is 0 Å². The van der Waals surface area contributed by atoms with Crippen LogP contribution in [0.25, 0.3) is 11.1 Å². The number of hydrogen-bond donors (Lipinski definition) is 2. The van der Waals surface area contributed by atoms with E-state index in [1.807, 2.05) is 0 Å². The number of aliphatic hydroxyl groups is 1. The van der Waals surface area contributed by atoms with Gasteiger partial charge >= 0.3 is 6.18 Å². The first-order chi connectivity index (χ1) is 10.7. The van der Waals surface area contributed by atoms with E-state index in [9.17, 15) is 23.1 Å². The van der Waals surface area contributed by atoms with Gasteiger partial charge in [0.05, 0.1) is 5.92 Å². The Kier molecular flexibility index (Phi) is 4.75. The van der Waals surface area contributed by atoms with Crippen LogP contribution in [-0.4, -0.2) is 17.2 Å². The van der Waals surface area contributed by atoms with E-state index in [0.29, 0.717) is 5.56 Å². The van der Waals surface area contributed by atoms with Gasteiger partial charge in [-0.15, -0.1) is 0 Å². The summed E-state index contributed by atoms with van der Waals surface area (Å²) in [7, 11) is 0. The van der Waals surface area contributed by atoms with Crippen LogP contribution < -0.4 is 5.73 Å². The maximum absolute atomic E-state index is 12.5. The van der Waals surface area contributed by atoms with Gasteiger partial charge in [-0.1, -0.05) is 48.5 Å². The highest BCUT2D eigenvalue weighted by Gasteiger charge is 2.39. The standard InChI is InChI=1S/C17H16F3NO2/c1-10(16(21)23)11-2-4-12(5-3-11)13-6-8-14(9-7-13)15(22)17(18,19)20/h2-10,15,22H,1H3,(H2,21,23)/t10-,15+/m0/s1. The Morgan fingerprint density at radius 1 is 0.957 bits per heavy atom. The minimum absolute atomic E-state index is 0.208. The summed E-state index contributed by atoms with van der Waals surface area (Å²) in [4.78, 5) is 11.1. The zero-order valence-electron chi connectivity index (χ0n) is 12.3. The van der Waals surface area contributed by atoms with E-state index in [1.165, 1.54) is 24.3 Å². The Hall–Kier alpha value is -2.34. The molecule has 2 aromatic rings. The topological polar surface area (TPSA) is 63.3 Å². The van der Waals surface area contributed by atoms with Gasteiger partial charge in [-0.3, -0.25) is 4.79 Å². The minimum atomic E-state index is -4.69. The number of alkyl halides is 3. The number of carbonyl (C=O) groups is 1. The van der Waals surface area contributed by atoms with Crippen molar-refractivity contribution in [3.05, 3.63) is 59.7 Å². The summed E-state index contributed by atoms with van der Waals surface area (Å²) in [6, 6.07) is 12.6. The molecule has 0 aliphatic heterocycles. The molecule has 0 spiro atoms. The van der Waals surface area contributed by atoms with Crippen LogP contribution in [0.15, 0.2) is 48.5 Å². The molecule has 2 atom stereocenters. The zero-order chi connectivity index (χ0) is 17.2. The van der Waals surface area contributed by atoms with Gasteiger partial charge in [0.25, 0.3) is 0 Å². The second-order valence-electron chi connectivity index (χ2n) is 5.31. The number of hydrogen-bond acceptors (Lipinski definition) is 2. The molecule has 0 aromatic heterocycles. The first kappa shape index (κ1) is 17.0. The number of amides is 1. The van der Waals surface area contributed by atoms with Crippen molar-refractivity contribution in [3.8, 4) is 11.1 Å². The second-order valence-corrected chi connectivity index (χ2v) is 5.31. The third-order valence-electron chi connectivity index (χ3n) is 3.71. The summed E-state index contributed by atoms with van der Waals surface area (Å²) < 4.78 is 37.4. The lowest BCUT2D eigenvalue weighted by atomic mass is 9.96. The van der Waals surface area contributed by atoms with Crippen molar-refractivity contribution in [1.82, 2.24) is 0 Å². The van der Waals surface area contributed by atoms with Crippen LogP contribution in [0.4, 0.5) is 13.2 Å². The van der Waals surface area contributed by atoms with Gasteiger partial charge in [0, 0.05) is 0 Å². The highest BCUT2D eigenvalue weighted by molar-refractivity contribution is 5.81. The van der Waals surface area contributed by atoms with Crippen molar-refractivity contribution < 1.29 is 23.1 Å². The van der Waals surface area contributed by atoms with E-state index < -0.39 is 24.1 Å². The number of halogens is 3. The predicted molar refractivity (Wildman–Crippen MR) is 80.5 cm³/mol. The van der Waals surface area contributed by atoms with Gasteiger partial charge < -0.3 is 10.8 Å². The number of benzene rings is 2. The lowest BCUT2D eigenvalue weighted by Gasteiger charge is -2.15. The highest BCUT2D eigenvalue weighted by atomic mass is 19.4. The molecular weight excluding hydrogens is 307 g/mol. The molecule has 2 aromatic carbocycles. The smallest absolute Gasteiger partial charge is 0.379 e. The van der Waals surface area contributed by atoms with Crippen molar-refractivity contribution in [1.29, 1.82) is 0 Å². The average Bonchev–Trinajstić information content (AvgIpc) is 2.53. The van der Waals surface area contributed by atoms with Gasteiger partial charge in [-0.25, -0.2) is 0 Å². The quantitative estimate of drug-likeness (QED) is 0.904. The third kappa shape index (κ3) is 3.90. The lowest BCUT2D eigenvalue weighted by Crippen LogP contribution is -2.20. The van der Waals surface area contributed by atoms with E-state index >= 15 is 0 Å². The molecule has 2 rings (SSSR count). The number of primary amides is 1. The third-order valence-corrected chi connectivity index (χ3v) is 3.71. The fraction of sp³-hybridized carbons (Fsp3) is 0.235. The lowest BCUT2D eigenvalue weighted by molar-refractivity contribution is -0.206. The van der Waals surface area contributed by atoms with Crippen LogP contribution in [0.5, 0.6) is 0 Å². The van der Waals surface area contributed by atoms with E-state index in [2.05, 4.69) is 0 Å². The van der Waals surface area contributed by atoms with Crippen molar-refractivity contribution in [2.75, 3.05) is 0 Å². The fourth-order valence-electron chi connectivity index (χ4n) is 2.18. The molecule has 0 aliphatic carbocycles. The maximum Gasteiger partial charge on any atom is 0.418 e. The Morgan fingerprint density at radius 2 is 1.35 bits per heavy atom. The number of rotatable bonds is 4. The van der Waals surface area contributed by atoms with Crippen LogP contribution in [0, 0.1) is 0 Å². The van der Waals surface area contributed by atoms with Crippen LogP contribution in [0.2, 0.25) is 0 Å². The minimum Gasteiger partial charge on any atom is -0.379 e. The summed E-state index contributed by atoms with van der Waals surface area (Å²) in [5.41, 5.74) is 7.30. The molecule has 0 aliphatic rings. The van der Waals surface area contributed by atoms with E-state index in [-0.39, 0.29) is 5.56 Å². The van der Waals surface area contributed by atoms with Crippen LogP contribution in [-0.2, 0) is 4.79 Å². The van der Waals surface area contributed by atoms with Crippen molar-refractivity contribution in [2.45, 2.75) is 25.1 Å². The zero-order valence-corrected chi connectivity index (χ0v) is 12.3. The number of nitrogens with two attached hydrogens (primary N) is 1. The molecule has 3 nitrogen and oxygen atoms in total. The summed E-state index contributed by atoms with van der Waals surface area (Å²) in [6.07, 6.45) is -7.18. The van der Waals surface area contributed by atoms with Crippen LogP contribution in [0.3, 0.4) is 0 Å². The molecule has 122 valence electrons. The molecule has 0 unspecified atom stereocenters. The average molecular weight is 323 g/mol. The number of aliphatic hydroxyl groups excluding tert-OH is 1. The van der Waals surface area contributed by atoms with Gasteiger partial charge in [0.2, 0.25) is 5.91 Å². The summed E-state index contributed by atoms with van der Waals surface area (Å²) >= 11 is 0. The molecule has 1 amide bonds. The summed E-state index contributed by atoms with van der Waals surface area (Å²) in [5.74, 6) is -0.836. The fourth-order valence-corrected chi connectivity index (χ4v) is 2.18. The van der Waals surface area contributed by atoms with Crippen LogP contribution in [0.1, 0.15) is 30.1 Å². The highest BCUT2D eigenvalue weighted by Crippen LogP contribution is 2.33. The van der Waals surface area contributed by atoms with Crippen molar-refractivity contribution >= 4 is 5.91 Å². The molecule has 0 saturated carbocycles. The molecule has 0 radical (unpaired) electrons. The Balaban J connectivity index is 2.21. The second kappa shape index (κ2) is 6.42. The first-order valence-electron chi connectivity index (χ1n) is 6.94. The van der Waals surface area contributed by atoms with Gasteiger partial charge in [0.1, 0.15) is 0 Å². The van der Waals surface area contributed by atoms with Gasteiger partial charge in [-0.2, -0.15) is 13.2 Å². The summed E-state index contributed by atoms with van der Waals surface area (Å²) in [6.45, 7) is 1.70. The van der Waals surface area contributed by atoms with Crippen molar-refractivity contribution in [3.63, 3.8) is 0 Å². The predicted octanol–water partition coefficient (Wildman–Crippen LogP) is 3.54. The molecule has 0 saturated heterocycles. The monoisotopic (exact) mass is 323 g/mol. The molecule has 0 heterocycles. The molecular formula is C17H16F3NO2. The molecule has 3 N–H and O–H groups in total. The summed E-state index contributed by atoms with van der Waals surface area (Å²) in [5, 5.41) is 9.20. The van der Waals surface area contributed by atoms with Gasteiger partial charge in [0.15, 0.2) is 6.10 Å². The van der Waals surface area contributed by atoms with Crippen molar-refractivity contribution in [2.24, 2.45) is 5.73 Å². The largest absolute Gasteiger partial charge is 0.418 e. The molecule has 23 heavy (non-hydrogen) atoms. The SMILES string of the molecule is C[C@H](C(N)=O)c1ccc(-c2ccc([C@@H](O)C(F)(F)F)cc2)cc1. The van der Waals surface area contributed by atoms with E-state index in [4.69, 9.17) is 5.73 Å². The first-order valence-corrected chi connectivity index (χ1v) is 6.94. The van der Waals surface area contributed by atoms with E-state index in [1.54, 1.807) is 31.2 Å². The maximum atomic E-state index is 12.5. The Morgan fingerprint density at radius 3 is 1.70 bits per heavy atom. The number of carbonyl (C=O) groups excluding carboxylic acids is 1. The Bertz CT molecular complexity index is 678. The van der Waals surface area contributed by atoms with E-state index in [0.717, 1.165) is 11.1 Å². The molecule has 0 fully saturated rings. The molecule has 0 bridgehead atoms. The normalized spacial score (nSPS) is 14.3.